The van der Waals surface area contributed by atoms with Gasteiger partial charge < -0.3 is 20.6 Å². The summed E-state index contributed by atoms with van der Waals surface area (Å²) in [6, 6.07) is 10.1. The monoisotopic (exact) mass is 352 g/mol. The van der Waals surface area contributed by atoms with Gasteiger partial charge in [-0.05, 0) is 6.42 Å². The van der Waals surface area contributed by atoms with E-state index in [9.17, 15) is 5.11 Å². The van der Waals surface area contributed by atoms with Gasteiger partial charge in [0.25, 0.3) is 0 Å². The van der Waals surface area contributed by atoms with E-state index in [1.54, 1.807) is 5.32 Å². The number of hydrogen-bond acceptors (Lipinski definition) is 3. The molecule has 2 unspecified atom stereocenters. The predicted molar refractivity (Wildman–Crippen MR) is 102 cm³/mol. The van der Waals surface area contributed by atoms with Crippen molar-refractivity contribution < 1.29 is 20.6 Å². The first-order valence-corrected chi connectivity index (χ1v) is 10.1. The van der Waals surface area contributed by atoms with Gasteiger partial charge in [-0.2, -0.15) is 0 Å². The fourth-order valence-electron chi connectivity index (χ4n) is 3.26. The molecule has 0 aliphatic rings. The van der Waals surface area contributed by atoms with Crippen LogP contribution in [-0.2, 0) is 0 Å². The molecular formula is C21H38NO3+. The minimum Gasteiger partial charge on any atom is -0.361 e. The molecule has 2 atom stereocenters. The molecule has 0 aromatic heterocycles. The second-order valence-electron chi connectivity index (χ2n) is 7.08. The average Bonchev–Trinajstić information content (AvgIpc) is 2.62. The van der Waals surface area contributed by atoms with Crippen LogP contribution in [0.25, 0.3) is 0 Å². The number of quaternary nitrogens is 1. The van der Waals surface area contributed by atoms with Gasteiger partial charge in [0.1, 0.15) is 6.04 Å². The van der Waals surface area contributed by atoms with Gasteiger partial charge in [-0.25, -0.2) is 0 Å². The standard InChI is InChI=1S/C21H37NO3/c1-2-3-4-5-6-7-8-9-10-14-17-19(22-20(23)21(24)25)18-15-12-11-13-16-18/h11-13,15-16,19-25H,2-10,14,17H2,1H3/p+1. The summed E-state index contributed by atoms with van der Waals surface area (Å²) >= 11 is 0. The van der Waals surface area contributed by atoms with Crippen LogP contribution in [0.3, 0.4) is 0 Å². The Kier molecular flexibility index (Phi) is 12.6. The highest BCUT2D eigenvalue weighted by molar-refractivity contribution is 5.16. The molecule has 0 heterocycles. The number of aliphatic hydroxyl groups excluding tert-OH is 2. The molecule has 0 aliphatic carbocycles. The van der Waals surface area contributed by atoms with Crippen molar-refractivity contribution >= 4 is 0 Å². The van der Waals surface area contributed by atoms with Crippen molar-refractivity contribution in [3.8, 4) is 0 Å². The summed E-state index contributed by atoms with van der Waals surface area (Å²) in [6.45, 7) is 2.25. The lowest BCUT2D eigenvalue weighted by atomic mass is 9.99. The molecule has 1 rings (SSSR count). The Morgan fingerprint density at radius 3 is 1.80 bits per heavy atom. The van der Waals surface area contributed by atoms with Gasteiger partial charge >= 0.3 is 0 Å². The second-order valence-corrected chi connectivity index (χ2v) is 7.08. The summed E-state index contributed by atoms with van der Waals surface area (Å²) in [4.78, 5) is 0. The maximum atomic E-state index is 9.76. The van der Waals surface area contributed by atoms with Crippen LogP contribution in [0, 0.1) is 0 Å². The van der Waals surface area contributed by atoms with Gasteiger partial charge in [-0.1, -0.05) is 95.0 Å². The van der Waals surface area contributed by atoms with Crippen LogP contribution in [0.5, 0.6) is 0 Å². The highest BCUT2D eigenvalue weighted by Gasteiger charge is 2.23. The first-order valence-electron chi connectivity index (χ1n) is 10.1. The maximum Gasteiger partial charge on any atom is 0.240 e. The number of aliphatic hydroxyl groups is 3. The van der Waals surface area contributed by atoms with E-state index >= 15 is 0 Å². The van der Waals surface area contributed by atoms with Crippen molar-refractivity contribution in [3.63, 3.8) is 0 Å². The Labute approximate surface area is 153 Å². The van der Waals surface area contributed by atoms with Crippen LogP contribution in [0.2, 0.25) is 0 Å². The Morgan fingerprint density at radius 1 is 0.760 bits per heavy atom. The molecule has 1 aromatic carbocycles. The predicted octanol–water partition coefficient (Wildman–Crippen LogP) is 3.23. The van der Waals surface area contributed by atoms with Gasteiger partial charge in [0, 0.05) is 12.0 Å². The van der Waals surface area contributed by atoms with Crippen molar-refractivity contribution in [2.75, 3.05) is 0 Å². The molecule has 144 valence electrons. The number of rotatable bonds is 15. The van der Waals surface area contributed by atoms with Crippen LogP contribution in [0.1, 0.15) is 89.2 Å². The van der Waals surface area contributed by atoms with E-state index in [0.29, 0.717) is 0 Å². The molecule has 0 saturated heterocycles. The summed E-state index contributed by atoms with van der Waals surface area (Å²) in [5.74, 6) is 0. The van der Waals surface area contributed by atoms with Crippen molar-refractivity contribution in [2.45, 2.75) is 96.1 Å². The van der Waals surface area contributed by atoms with E-state index in [1.165, 1.54) is 57.8 Å². The van der Waals surface area contributed by atoms with E-state index in [2.05, 4.69) is 6.92 Å². The molecule has 4 nitrogen and oxygen atoms in total. The molecule has 0 radical (unpaired) electrons. The molecule has 0 aliphatic heterocycles. The van der Waals surface area contributed by atoms with Crippen molar-refractivity contribution in [3.05, 3.63) is 35.9 Å². The lowest BCUT2D eigenvalue weighted by Gasteiger charge is -2.20. The van der Waals surface area contributed by atoms with Crippen molar-refractivity contribution in [2.24, 2.45) is 0 Å². The van der Waals surface area contributed by atoms with Gasteiger partial charge in [-0.15, -0.1) is 0 Å². The average molecular weight is 353 g/mol. The quantitative estimate of drug-likeness (QED) is 0.289. The Hall–Kier alpha value is -0.940. The van der Waals surface area contributed by atoms with Crippen molar-refractivity contribution in [1.82, 2.24) is 0 Å². The second kappa shape index (κ2) is 14.3. The smallest absolute Gasteiger partial charge is 0.240 e. The molecule has 0 bridgehead atoms. The summed E-state index contributed by atoms with van der Waals surface area (Å²) < 4.78 is 0. The number of benzene rings is 1. The molecular weight excluding hydrogens is 314 g/mol. The molecule has 0 saturated carbocycles. The lowest BCUT2D eigenvalue weighted by molar-refractivity contribution is -0.772. The highest BCUT2D eigenvalue weighted by atomic mass is 16.5. The van der Waals surface area contributed by atoms with Gasteiger partial charge in [0.15, 0.2) is 0 Å². The number of unbranched alkanes of at least 4 members (excludes halogenated alkanes) is 9. The van der Waals surface area contributed by atoms with Crippen LogP contribution in [0.4, 0.5) is 0 Å². The zero-order valence-electron chi connectivity index (χ0n) is 15.8. The minimum atomic E-state index is -1.71. The molecule has 4 heteroatoms. The molecule has 5 N–H and O–H groups in total. The van der Waals surface area contributed by atoms with Crippen LogP contribution >= 0.6 is 0 Å². The number of hydrogen-bond donors (Lipinski definition) is 4. The van der Waals surface area contributed by atoms with Crippen molar-refractivity contribution in [1.29, 1.82) is 0 Å². The largest absolute Gasteiger partial charge is 0.361 e. The SMILES string of the molecule is CCCCCCCCCCCCC([NH2+]C(O)C(O)O)c1ccccc1. The fourth-order valence-corrected chi connectivity index (χ4v) is 3.26. The van der Waals surface area contributed by atoms with E-state index < -0.39 is 12.5 Å². The Balaban J connectivity index is 2.22. The Bertz CT molecular complexity index is 411. The topological polar surface area (TPSA) is 77.3 Å². The molecule has 0 fully saturated rings. The van der Waals surface area contributed by atoms with Crippen LogP contribution in [-0.4, -0.2) is 27.8 Å². The minimum absolute atomic E-state index is 0.0621. The lowest BCUT2D eigenvalue weighted by Crippen LogP contribution is -2.93. The molecule has 0 amide bonds. The van der Waals surface area contributed by atoms with Gasteiger partial charge in [0.05, 0.1) is 0 Å². The third-order valence-electron chi connectivity index (χ3n) is 4.83. The molecule has 1 aromatic rings. The van der Waals surface area contributed by atoms with Gasteiger partial charge in [-0.3, -0.25) is 0 Å². The third kappa shape index (κ3) is 10.6. The van der Waals surface area contributed by atoms with Gasteiger partial charge in [0.2, 0.25) is 12.5 Å². The van der Waals surface area contributed by atoms with Crippen LogP contribution < -0.4 is 5.32 Å². The first kappa shape index (κ1) is 22.1. The fraction of sp³-hybridized carbons (Fsp3) is 0.714. The molecule has 25 heavy (non-hydrogen) atoms. The van der Waals surface area contributed by atoms with E-state index in [4.69, 9.17) is 10.2 Å². The first-order chi connectivity index (χ1) is 12.1. The summed E-state index contributed by atoms with van der Waals surface area (Å²) in [6.07, 6.45) is 11.0. The summed E-state index contributed by atoms with van der Waals surface area (Å²) in [5.41, 5.74) is 1.12. The molecule has 0 spiro atoms. The van der Waals surface area contributed by atoms with E-state index in [-0.39, 0.29) is 6.04 Å². The zero-order valence-corrected chi connectivity index (χ0v) is 15.8. The normalized spacial score (nSPS) is 14.0. The van der Waals surface area contributed by atoms with E-state index in [0.717, 1.165) is 18.4 Å². The zero-order chi connectivity index (χ0) is 18.3. The maximum absolute atomic E-state index is 9.76. The third-order valence-corrected chi connectivity index (χ3v) is 4.83. The highest BCUT2D eigenvalue weighted by Crippen LogP contribution is 2.18. The summed E-state index contributed by atoms with van der Waals surface area (Å²) in [5, 5.41) is 29.7. The van der Waals surface area contributed by atoms with Crippen LogP contribution in [0.15, 0.2) is 30.3 Å². The van der Waals surface area contributed by atoms with E-state index in [1.807, 2.05) is 30.3 Å². The number of nitrogens with two attached hydrogens (primary N) is 1. The summed E-state index contributed by atoms with van der Waals surface area (Å²) in [7, 11) is 0. The Morgan fingerprint density at radius 2 is 1.28 bits per heavy atom.